The van der Waals surface area contributed by atoms with Crippen LogP contribution in [0.3, 0.4) is 0 Å². The van der Waals surface area contributed by atoms with E-state index < -0.39 is 0 Å². The Bertz CT molecular complexity index is 901. The number of thiocarbonyl (C=S) groups is 1. The summed E-state index contributed by atoms with van der Waals surface area (Å²) < 4.78 is 10.9. The topological polar surface area (TPSA) is 62.8 Å². The van der Waals surface area contributed by atoms with Crippen LogP contribution in [-0.2, 0) is 11.3 Å². The van der Waals surface area contributed by atoms with Crippen LogP contribution >= 0.6 is 12.2 Å². The van der Waals surface area contributed by atoms with Crippen LogP contribution in [-0.4, -0.2) is 31.3 Å². The summed E-state index contributed by atoms with van der Waals surface area (Å²) in [6.07, 6.45) is 1.55. The zero-order valence-corrected chi connectivity index (χ0v) is 17.9. The Morgan fingerprint density at radius 2 is 2.03 bits per heavy atom. The molecule has 2 aromatic carbocycles. The lowest BCUT2D eigenvalue weighted by Gasteiger charge is -2.19. The summed E-state index contributed by atoms with van der Waals surface area (Å²) in [6.45, 7) is 5.88. The largest absolute Gasteiger partial charge is 0.493 e. The predicted octanol–water partition coefficient (Wildman–Crippen LogP) is 4.02. The van der Waals surface area contributed by atoms with Gasteiger partial charge in [0.2, 0.25) is 5.91 Å². The highest BCUT2D eigenvalue weighted by Gasteiger charge is 2.22. The van der Waals surface area contributed by atoms with Crippen LogP contribution < -0.4 is 25.0 Å². The number of ether oxygens (including phenoxy) is 2. The summed E-state index contributed by atoms with van der Waals surface area (Å²) in [5, 5.41) is 6.95. The van der Waals surface area contributed by atoms with E-state index in [9.17, 15) is 4.79 Å². The van der Waals surface area contributed by atoms with Gasteiger partial charge in [0, 0.05) is 30.9 Å². The molecule has 2 aromatic rings. The number of hydrogen-bond acceptors (Lipinski definition) is 4. The van der Waals surface area contributed by atoms with Crippen molar-refractivity contribution in [2.24, 2.45) is 0 Å². The molecule has 1 saturated heterocycles. The predicted molar refractivity (Wildman–Crippen MR) is 120 cm³/mol. The molecule has 1 heterocycles. The van der Waals surface area contributed by atoms with Gasteiger partial charge < -0.3 is 25.0 Å². The minimum absolute atomic E-state index is 0.192. The molecule has 2 N–H and O–H groups in total. The molecule has 0 radical (unpaired) electrons. The average molecular weight is 414 g/mol. The molecule has 0 aliphatic carbocycles. The fourth-order valence-electron chi connectivity index (χ4n) is 3.40. The zero-order valence-electron chi connectivity index (χ0n) is 17.1. The Morgan fingerprint density at radius 3 is 2.69 bits per heavy atom. The molecular formula is C22H27N3O3S. The van der Waals surface area contributed by atoms with Crippen LogP contribution in [0.15, 0.2) is 36.4 Å². The van der Waals surface area contributed by atoms with Crippen molar-refractivity contribution in [2.75, 3.05) is 30.5 Å². The number of nitrogens with zero attached hydrogens (tertiary/aromatic N) is 1. The SMILES string of the molecule is CCOc1cc(CNC(=S)Nc2ccc(N3CCCC3=O)c(C)c2)ccc1OC. The fraction of sp³-hybridized carbons (Fsp3) is 0.364. The number of carbonyl (C=O) groups is 1. The third-order valence-corrected chi connectivity index (χ3v) is 5.05. The molecule has 1 aliphatic rings. The maximum Gasteiger partial charge on any atom is 0.227 e. The first-order chi connectivity index (χ1) is 14.0. The summed E-state index contributed by atoms with van der Waals surface area (Å²) in [5.74, 6) is 1.62. The van der Waals surface area contributed by atoms with Crippen molar-refractivity contribution < 1.29 is 14.3 Å². The monoisotopic (exact) mass is 413 g/mol. The number of anilines is 2. The van der Waals surface area contributed by atoms with Gasteiger partial charge in [-0.2, -0.15) is 0 Å². The van der Waals surface area contributed by atoms with Crippen molar-refractivity contribution in [3.8, 4) is 11.5 Å². The van der Waals surface area contributed by atoms with Gasteiger partial charge in [0.05, 0.1) is 13.7 Å². The lowest BCUT2D eigenvalue weighted by atomic mass is 10.1. The van der Waals surface area contributed by atoms with Gasteiger partial charge in [-0.1, -0.05) is 6.07 Å². The number of benzene rings is 2. The summed E-state index contributed by atoms with van der Waals surface area (Å²) in [7, 11) is 1.63. The minimum atomic E-state index is 0.192. The van der Waals surface area contributed by atoms with Crippen molar-refractivity contribution in [1.82, 2.24) is 5.32 Å². The summed E-state index contributed by atoms with van der Waals surface area (Å²) in [6, 6.07) is 11.7. The van der Waals surface area contributed by atoms with Gasteiger partial charge in [0.1, 0.15) is 0 Å². The second-order valence-corrected chi connectivity index (χ2v) is 7.28. The van der Waals surface area contributed by atoms with Gasteiger partial charge >= 0.3 is 0 Å². The van der Waals surface area contributed by atoms with Crippen LogP contribution in [0.25, 0.3) is 0 Å². The van der Waals surface area contributed by atoms with Gasteiger partial charge in [-0.3, -0.25) is 4.79 Å². The molecule has 1 amide bonds. The first kappa shape index (κ1) is 20.9. The molecule has 6 nitrogen and oxygen atoms in total. The molecule has 29 heavy (non-hydrogen) atoms. The molecule has 1 aliphatic heterocycles. The van der Waals surface area contributed by atoms with Crippen LogP contribution in [0, 0.1) is 6.92 Å². The van der Waals surface area contributed by atoms with Crippen molar-refractivity contribution in [3.63, 3.8) is 0 Å². The standard InChI is InChI=1S/C22H27N3O3S/c1-4-28-20-13-16(7-10-19(20)27-3)14-23-22(29)24-17-8-9-18(15(2)12-17)25-11-5-6-21(25)26/h7-10,12-13H,4-6,11,14H2,1-3H3,(H2,23,24,29). The highest BCUT2D eigenvalue weighted by molar-refractivity contribution is 7.80. The highest BCUT2D eigenvalue weighted by Crippen LogP contribution is 2.29. The second-order valence-electron chi connectivity index (χ2n) is 6.88. The Balaban J connectivity index is 1.59. The number of methoxy groups -OCH3 is 1. The Kier molecular flexibility index (Phi) is 6.93. The lowest BCUT2D eigenvalue weighted by molar-refractivity contribution is -0.117. The Labute approximate surface area is 177 Å². The number of hydrogen-bond donors (Lipinski definition) is 2. The van der Waals surface area contributed by atoms with E-state index in [1.165, 1.54) is 0 Å². The first-order valence-corrected chi connectivity index (χ1v) is 10.2. The second kappa shape index (κ2) is 9.60. The van der Waals surface area contributed by atoms with E-state index in [4.69, 9.17) is 21.7 Å². The van der Waals surface area contributed by atoms with Crippen molar-refractivity contribution in [1.29, 1.82) is 0 Å². The summed E-state index contributed by atoms with van der Waals surface area (Å²) in [4.78, 5) is 13.8. The lowest BCUT2D eigenvalue weighted by Crippen LogP contribution is -2.28. The zero-order chi connectivity index (χ0) is 20.8. The number of nitrogens with one attached hydrogen (secondary N) is 2. The molecule has 0 unspecified atom stereocenters. The van der Waals surface area contributed by atoms with E-state index in [2.05, 4.69) is 10.6 Å². The third-order valence-electron chi connectivity index (χ3n) is 4.80. The van der Waals surface area contributed by atoms with E-state index in [1.54, 1.807) is 7.11 Å². The molecule has 0 saturated carbocycles. The Hall–Kier alpha value is -2.80. The number of rotatable bonds is 7. The summed E-state index contributed by atoms with van der Waals surface area (Å²) in [5.41, 5.74) is 3.95. The minimum Gasteiger partial charge on any atom is -0.493 e. The number of amides is 1. The van der Waals surface area contributed by atoms with E-state index in [1.807, 2.05) is 55.1 Å². The van der Waals surface area contributed by atoms with Crippen molar-refractivity contribution >= 4 is 34.6 Å². The van der Waals surface area contributed by atoms with Crippen LogP contribution in [0.5, 0.6) is 11.5 Å². The molecule has 0 spiro atoms. The van der Waals surface area contributed by atoms with Crippen LogP contribution in [0.4, 0.5) is 11.4 Å². The van der Waals surface area contributed by atoms with Gasteiger partial charge in [-0.05, 0) is 73.9 Å². The summed E-state index contributed by atoms with van der Waals surface area (Å²) >= 11 is 5.43. The van der Waals surface area contributed by atoms with E-state index >= 15 is 0 Å². The quantitative estimate of drug-likeness (QED) is 0.669. The normalized spacial score (nSPS) is 13.3. The molecule has 1 fully saturated rings. The smallest absolute Gasteiger partial charge is 0.227 e. The molecule has 0 aromatic heterocycles. The fourth-order valence-corrected chi connectivity index (χ4v) is 3.59. The van der Waals surface area contributed by atoms with E-state index in [-0.39, 0.29) is 5.91 Å². The van der Waals surface area contributed by atoms with Crippen LogP contribution in [0.1, 0.15) is 30.9 Å². The molecular weight excluding hydrogens is 386 g/mol. The molecule has 0 atom stereocenters. The van der Waals surface area contributed by atoms with Gasteiger partial charge in [-0.15, -0.1) is 0 Å². The maximum absolute atomic E-state index is 12.0. The van der Waals surface area contributed by atoms with Crippen molar-refractivity contribution in [3.05, 3.63) is 47.5 Å². The van der Waals surface area contributed by atoms with Gasteiger partial charge in [0.15, 0.2) is 16.6 Å². The maximum atomic E-state index is 12.0. The van der Waals surface area contributed by atoms with E-state index in [0.29, 0.717) is 30.4 Å². The van der Waals surface area contributed by atoms with Crippen LogP contribution in [0.2, 0.25) is 0 Å². The molecule has 154 valence electrons. The molecule has 3 rings (SSSR count). The van der Waals surface area contributed by atoms with Gasteiger partial charge in [-0.25, -0.2) is 0 Å². The van der Waals surface area contributed by atoms with Crippen molar-refractivity contribution in [2.45, 2.75) is 33.2 Å². The average Bonchev–Trinajstić information content (AvgIpc) is 3.12. The number of aryl methyl sites for hydroxylation is 1. The molecule has 7 heteroatoms. The van der Waals surface area contributed by atoms with Gasteiger partial charge in [0.25, 0.3) is 0 Å². The first-order valence-electron chi connectivity index (χ1n) is 9.77. The highest BCUT2D eigenvalue weighted by atomic mass is 32.1. The Morgan fingerprint density at radius 1 is 1.21 bits per heavy atom. The van der Waals surface area contributed by atoms with E-state index in [0.717, 1.165) is 41.2 Å². The number of carbonyl (C=O) groups excluding carboxylic acids is 1. The third kappa shape index (κ3) is 5.17. The molecule has 0 bridgehead atoms.